The van der Waals surface area contributed by atoms with Gasteiger partial charge in [-0.05, 0) is 111 Å². The summed E-state index contributed by atoms with van der Waals surface area (Å²) in [6, 6.07) is 72.1. The van der Waals surface area contributed by atoms with E-state index in [0.29, 0.717) is 5.82 Å². The van der Waals surface area contributed by atoms with Crippen molar-refractivity contribution >= 4 is 60.1 Å². The van der Waals surface area contributed by atoms with E-state index in [4.69, 9.17) is 14.4 Å². The van der Waals surface area contributed by atoms with Crippen molar-refractivity contribution < 1.29 is 4.42 Å². The second-order valence-electron chi connectivity index (χ2n) is 19.2. The lowest BCUT2D eigenvalue weighted by Crippen LogP contribution is -2.16. The third-order valence-electron chi connectivity index (χ3n) is 14.8. The van der Waals surface area contributed by atoms with Gasteiger partial charge in [-0.2, -0.15) is 0 Å². The highest BCUT2D eigenvalue weighted by Gasteiger charge is 2.36. The minimum Gasteiger partial charge on any atom is -0.456 e. The molecular formula is C66H45N3O. The van der Waals surface area contributed by atoms with Crippen LogP contribution in [0.1, 0.15) is 31.4 Å². The zero-order valence-corrected chi connectivity index (χ0v) is 38.8. The summed E-state index contributed by atoms with van der Waals surface area (Å²) in [7, 11) is 0. The standard InChI is InChI=1S/C66H45N3O/c1-66(2)56-28-8-4-7-24-51(56)52-33-30-44(38-57(52)66)43-19-13-20-45(36-43)50-26-15-27-55-63-49-23-10-9-16-41(49)32-35-60(63)69(64(50)55)48-22-14-21-46(37-48)58-40-59(68-65(67-58)42-17-5-3-6-18-42)47-31-34-54-53-25-11-12-29-61(53)70-62(54)39-47/h3,5-40H,4H2,1-2H3. The van der Waals surface area contributed by atoms with Crippen LogP contribution in [0, 0.1) is 0 Å². The van der Waals surface area contributed by atoms with Gasteiger partial charge in [0.05, 0.1) is 22.4 Å². The molecular weight excluding hydrogens is 851 g/mol. The molecule has 70 heavy (non-hydrogen) atoms. The fourth-order valence-corrected chi connectivity index (χ4v) is 11.4. The summed E-state index contributed by atoms with van der Waals surface area (Å²) in [6.07, 6.45) is 10.2. The topological polar surface area (TPSA) is 43.9 Å². The van der Waals surface area contributed by atoms with Crippen LogP contribution in [-0.2, 0) is 5.41 Å². The van der Waals surface area contributed by atoms with Crippen molar-refractivity contribution in [2.75, 3.05) is 0 Å². The average molecular weight is 896 g/mol. The van der Waals surface area contributed by atoms with Crippen LogP contribution < -0.4 is 0 Å². The smallest absolute Gasteiger partial charge is 0.160 e. The number of allylic oxidation sites excluding steroid dienone is 6. The minimum atomic E-state index is -0.0897. The van der Waals surface area contributed by atoms with E-state index < -0.39 is 0 Å². The highest BCUT2D eigenvalue weighted by atomic mass is 16.3. The maximum Gasteiger partial charge on any atom is 0.160 e. The first kappa shape index (κ1) is 40.2. The molecule has 0 spiro atoms. The molecule has 12 aromatic rings. The Labute approximate surface area is 405 Å². The van der Waals surface area contributed by atoms with E-state index in [-0.39, 0.29) is 5.41 Å². The summed E-state index contributed by atoms with van der Waals surface area (Å²) in [4.78, 5) is 10.5. The molecule has 0 amide bonds. The lowest BCUT2D eigenvalue weighted by molar-refractivity contribution is 0.654. The molecule has 3 heterocycles. The Bertz CT molecular complexity index is 4240. The lowest BCUT2D eigenvalue weighted by Gasteiger charge is -2.23. The van der Waals surface area contributed by atoms with Crippen molar-refractivity contribution in [1.82, 2.24) is 14.5 Å². The predicted octanol–water partition coefficient (Wildman–Crippen LogP) is 17.5. The number of furan rings is 1. The Morgan fingerprint density at radius 3 is 2.06 bits per heavy atom. The Kier molecular flexibility index (Phi) is 8.96. The first-order valence-electron chi connectivity index (χ1n) is 24.2. The molecule has 4 nitrogen and oxygen atoms in total. The van der Waals surface area contributed by atoms with Gasteiger partial charge >= 0.3 is 0 Å². The van der Waals surface area contributed by atoms with Gasteiger partial charge in [-0.15, -0.1) is 0 Å². The van der Waals surface area contributed by atoms with Gasteiger partial charge in [0, 0.05) is 54.9 Å². The number of hydrogen-bond acceptors (Lipinski definition) is 3. The van der Waals surface area contributed by atoms with E-state index in [2.05, 4.69) is 213 Å². The molecule has 0 N–H and O–H groups in total. The third kappa shape index (κ3) is 6.30. The molecule has 0 fully saturated rings. The van der Waals surface area contributed by atoms with Crippen LogP contribution in [0.3, 0.4) is 0 Å². The van der Waals surface area contributed by atoms with Gasteiger partial charge in [0.15, 0.2) is 5.82 Å². The summed E-state index contributed by atoms with van der Waals surface area (Å²) in [6.45, 7) is 4.73. The second kappa shape index (κ2) is 15.6. The molecule has 0 unspecified atom stereocenters. The zero-order valence-electron chi connectivity index (χ0n) is 38.8. The number of hydrogen-bond donors (Lipinski definition) is 0. The van der Waals surface area contributed by atoms with E-state index >= 15 is 0 Å². The van der Waals surface area contributed by atoms with Crippen molar-refractivity contribution in [1.29, 1.82) is 0 Å². The van der Waals surface area contributed by atoms with Gasteiger partial charge in [0.1, 0.15) is 11.2 Å². The highest BCUT2D eigenvalue weighted by molar-refractivity contribution is 6.23. The maximum absolute atomic E-state index is 6.36. The fraction of sp³-hybridized carbons (Fsp3) is 0.0606. The van der Waals surface area contributed by atoms with Crippen LogP contribution in [0.5, 0.6) is 0 Å². The summed E-state index contributed by atoms with van der Waals surface area (Å²) < 4.78 is 8.83. The Balaban J connectivity index is 0.940. The number of fused-ring (bicyclic) bond motifs is 10. The Morgan fingerprint density at radius 2 is 1.16 bits per heavy atom. The van der Waals surface area contributed by atoms with E-state index in [0.717, 1.165) is 73.2 Å². The molecule has 0 saturated heterocycles. The van der Waals surface area contributed by atoms with E-state index in [1.165, 1.54) is 66.1 Å². The van der Waals surface area contributed by atoms with Crippen molar-refractivity contribution in [3.8, 4) is 61.8 Å². The van der Waals surface area contributed by atoms with Crippen molar-refractivity contribution in [2.24, 2.45) is 0 Å². The average Bonchev–Trinajstić information content (AvgIpc) is 3.93. The van der Waals surface area contributed by atoms with Crippen LogP contribution in [-0.4, -0.2) is 14.5 Å². The first-order chi connectivity index (χ1) is 34.4. The number of benzene rings is 9. The van der Waals surface area contributed by atoms with Gasteiger partial charge in [-0.25, -0.2) is 9.97 Å². The second-order valence-corrected chi connectivity index (χ2v) is 19.2. The first-order valence-corrected chi connectivity index (χ1v) is 24.2. The number of nitrogens with zero attached hydrogens (tertiary/aromatic N) is 3. The number of para-hydroxylation sites is 2. The Hall–Kier alpha value is -8.86. The van der Waals surface area contributed by atoms with Gasteiger partial charge in [-0.3, -0.25) is 0 Å². The summed E-state index contributed by atoms with van der Waals surface area (Å²) in [5, 5.41) is 7.10. The van der Waals surface area contributed by atoms with Crippen molar-refractivity contribution in [2.45, 2.75) is 25.7 Å². The molecule has 3 aromatic heterocycles. The molecule has 2 aliphatic rings. The van der Waals surface area contributed by atoms with Crippen LogP contribution >= 0.6 is 0 Å². The largest absolute Gasteiger partial charge is 0.456 e. The normalized spacial score (nSPS) is 14.0. The monoisotopic (exact) mass is 895 g/mol. The molecule has 2 aliphatic carbocycles. The van der Waals surface area contributed by atoms with Gasteiger partial charge < -0.3 is 8.98 Å². The summed E-state index contributed by atoms with van der Waals surface area (Å²) in [5.41, 5.74) is 19.8. The van der Waals surface area contributed by atoms with Crippen LogP contribution in [0.15, 0.2) is 234 Å². The molecule has 4 heteroatoms. The third-order valence-corrected chi connectivity index (χ3v) is 14.8. The van der Waals surface area contributed by atoms with E-state index in [9.17, 15) is 0 Å². The summed E-state index contributed by atoms with van der Waals surface area (Å²) >= 11 is 0. The molecule has 0 saturated carbocycles. The minimum absolute atomic E-state index is 0.0897. The SMILES string of the molecule is CC1(C)C2=C(C=CCC=C2)c2ccc(-c3cccc(-c4cccc5c6c7ccccc7ccc6n(-c6cccc(-c7cc(-c8ccc9c(c8)oc8ccccc89)nc(-c8ccccc8)n7)c6)c45)c3)cc21. The van der Waals surface area contributed by atoms with Crippen molar-refractivity contribution in [3.05, 3.63) is 241 Å². The lowest BCUT2D eigenvalue weighted by atomic mass is 9.80. The molecule has 0 aliphatic heterocycles. The van der Waals surface area contributed by atoms with Crippen LogP contribution in [0.4, 0.5) is 0 Å². The van der Waals surface area contributed by atoms with Crippen LogP contribution in [0.2, 0.25) is 0 Å². The van der Waals surface area contributed by atoms with E-state index in [1.807, 2.05) is 30.3 Å². The molecule has 0 atom stereocenters. The number of rotatable bonds is 6. The maximum atomic E-state index is 6.36. The molecule has 0 radical (unpaired) electrons. The van der Waals surface area contributed by atoms with Crippen LogP contribution in [0.25, 0.3) is 122 Å². The van der Waals surface area contributed by atoms with Gasteiger partial charge in [0.2, 0.25) is 0 Å². The summed E-state index contributed by atoms with van der Waals surface area (Å²) in [5.74, 6) is 0.667. The van der Waals surface area contributed by atoms with Crippen molar-refractivity contribution in [3.63, 3.8) is 0 Å². The number of aromatic nitrogens is 3. The molecule has 9 aromatic carbocycles. The molecule has 14 rings (SSSR count). The fourth-order valence-electron chi connectivity index (χ4n) is 11.4. The molecule has 0 bridgehead atoms. The quantitative estimate of drug-likeness (QED) is 0.167. The Morgan fingerprint density at radius 1 is 0.471 bits per heavy atom. The molecule has 330 valence electrons. The zero-order chi connectivity index (χ0) is 46.5. The highest BCUT2D eigenvalue weighted by Crippen LogP contribution is 2.50. The predicted molar refractivity (Wildman–Crippen MR) is 291 cm³/mol. The van der Waals surface area contributed by atoms with Gasteiger partial charge in [0.25, 0.3) is 0 Å². The van der Waals surface area contributed by atoms with Gasteiger partial charge in [-0.1, -0.05) is 184 Å². The van der Waals surface area contributed by atoms with E-state index in [1.54, 1.807) is 0 Å².